The van der Waals surface area contributed by atoms with Crippen LogP contribution in [-0.4, -0.2) is 19.3 Å². The molecule has 1 atom stereocenters. The van der Waals surface area contributed by atoms with Crippen LogP contribution in [0.2, 0.25) is 5.02 Å². The molecule has 0 radical (unpaired) electrons. The van der Waals surface area contributed by atoms with E-state index in [-0.39, 0.29) is 5.60 Å². The lowest BCUT2D eigenvalue weighted by Crippen LogP contribution is -2.38. The van der Waals surface area contributed by atoms with Gasteiger partial charge >= 0.3 is 0 Å². The first kappa shape index (κ1) is 14.5. The van der Waals surface area contributed by atoms with Gasteiger partial charge in [-0.25, -0.2) is 0 Å². The summed E-state index contributed by atoms with van der Waals surface area (Å²) in [6, 6.07) is 8.33. The van der Waals surface area contributed by atoms with E-state index in [2.05, 4.69) is 32.2 Å². The fourth-order valence-electron chi connectivity index (χ4n) is 1.66. The van der Waals surface area contributed by atoms with Crippen LogP contribution in [0.15, 0.2) is 24.3 Å². The second kappa shape index (κ2) is 6.39. The Morgan fingerprint density at radius 3 is 2.65 bits per heavy atom. The van der Waals surface area contributed by atoms with Crippen molar-refractivity contribution in [3.63, 3.8) is 0 Å². The number of rotatable bonds is 6. The molecule has 2 nitrogen and oxygen atoms in total. The number of benzene rings is 1. The highest BCUT2D eigenvalue weighted by Gasteiger charge is 2.18. The summed E-state index contributed by atoms with van der Waals surface area (Å²) >= 11 is 6.01. The number of halogens is 1. The van der Waals surface area contributed by atoms with E-state index in [1.807, 2.05) is 18.2 Å². The summed E-state index contributed by atoms with van der Waals surface area (Å²) in [5.41, 5.74) is 1.08. The van der Waals surface area contributed by atoms with Gasteiger partial charge in [-0.05, 0) is 38.0 Å². The zero-order chi connectivity index (χ0) is 12.9. The molecule has 17 heavy (non-hydrogen) atoms. The number of hydrogen-bond acceptors (Lipinski definition) is 2. The largest absolute Gasteiger partial charge is 0.377 e. The molecule has 0 saturated heterocycles. The molecule has 0 aliphatic heterocycles. The van der Waals surface area contributed by atoms with Crippen LogP contribution in [0.5, 0.6) is 0 Å². The molecule has 0 heterocycles. The van der Waals surface area contributed by atoms with Gasteiger partial charge in [0.2, 0.25) is 0 Å². The molecule has 0 aromatic heterocycles. The molecule has 96 valence electrons. The molecule has 0 aliphatic rings. The fourth-order valence-corrected chi connectivity index (χ4v) is 1.86. The first-order valence-electron chi connectivity index (χ1n) is 6.02. The average Bonchev–Trinajstić information content (AvgIpc) is 2.30. The van der Waals surface area contributed by atoms with E-state index in [9.17, 15) is 0 Å². The third-order valence-corrected chi connectivity index (χ3v) is 3.22. The molecular weight excluding hydrogens is 234 g/mol. The van der Waals surface area contributed by atoms with Crippen LogP contribution in [0.3, 0.4) is 0 Å². The number of hydrogen-bond donors (Lipinski definition) is 1. The van der Waals surface area contributed by atoms with E-state index >= 15 is 0 Å². The van der Waals surface area contributed by atoms with Gasteiger partial charge in [-0.3, -0.25) is 0 Å². The predicted octanol–water partition coefficient (Wildman–Crippen LogP) is 3.81. The van der Waals surface area contributed by atoms with Gasteiger partial charge in [-0.1, -0.05) is 30.7 Å². The SMILES string of the molecule is CCC(NCC(C)(C)OC)c1cccc(Cl)c1. The molecule has 0 aliphatic carbocycles. The molecule has 0 amide bonds. The molecule has 3 heteroatoms. The first-order valence-corrected chi connectivity index (χ1v) is 6.40. The molecule has 0 spiro atoms. The Morgan fingerprint density at radius 1 is 1.41 bits per heavy atom. The molecule has 1 rings (SSSR count). The van der Waals surface area contributed by atoms with Crippen molar-refractivity contribution in [2.75, 3.05) is 13.7 Å². The summed E-state index contributed by atoms with van der Waals surface area (Å²) in [5.74, 6) is 0. The maximum Gasteiger partial charge on any atom is 0.0746 e. The molecule has 0 saturated carbocycles. The van der Waals surface area contributed by atoms with Crippen LogP contribution in [0.25, 0.3) is 0 Å². The Balaban J connectivity index is 2.66. The first-order chi connectivity index (χ1) is 7.98. The summed E-state index contributed by atoms with van der Waals surface area (Å²) in [7, 11) is 1.74. The zero-order valence-corrected chi connectivity index (χ0v) is 11.8. The van der Waals surface area contributed by atoms with Gasteiger partial charge in [-0.2, -0.15) is 0 Å². The van der Waals surface area contributed by atoms with Crippen LogP contribution in [0.4, 0.5) is 0 Å². The molecule has 0 bridgehead atoms. The monoisotopic (exact) mass is 255 g/mol. The summed E-state index contributed by atoms with van der Waals surface area (Å²) in [4.78, 5) is 0. The lowest BCUT2D eigenvalue weighted by Gasteiger charge is -2.27. The van der Waals surface area contributed by atoms with Crippen molar-refractivity contribution in [1.82, 2.24) is 5.32 Å². The van der Waals surface area contributed by atoms with Crippen LogP contribution in [0, 0.1) is 0 Å². The highest BCUT2D eigenvalue weighted by Crippen LogP contribution is 2.21. The Kier molecular flexibility index (Phi) is 5.44. The Bertz CT molecular complexity index is 352. The average molecular weight is 256 g/mol. The van der Waals surface area contributed by atoms with E-state index in [1.165, 1.54) is 5.56 Å². The van der Waals surface area contributed by atoms with Crippen LogP contribution in [0.1, 0.15) is 38.8 Å². The van der Waals surface area contributed by atoms with E-state index in [0.29, 0.717) is 6.04 Å². The quantitative estimate of drug-likeness (QED) is 0.835. The number of ether oxygens (including phenoxy) is 1. The van der Waals surface area contributed by atoms with Gasteiger partial charge in [0.1, 0.15) is 0 Å². The van der Waals surface area contributed by atoms with Gasteiger partial charge in [0, 0.05) is 24.7 Å². The van der Waals surface area contributed by atoms with Crippen molar-refractivity contribution >= 4 is 11.6 Å². The standard InChI is InChI=1S/C14H22ClNO/c1-5-13(16-10-14(2,3)17-4)11-7-6-8-12(15)9-11/h6-9,13,16H,5,10H2,1-4H3. The predicted molar refractivity (Wildman–Crippen MR) is 73.6 cm³/mol. The van der Waals surface area contributed by atoms with E-state index in [4.69, 9.17) is 16.3 Å². The van der Waals surface area contributed by atoms with Crippen LogP contribution in [-0.2, 0) is 4.74 Å². The van der Waals surface area contributed by atoms with E-state index in [1.54, 1.807) is 7.11 Å². The van der Waals surface area contributed by atoms with Crippen molar-refractivity contribution in [2.45, 2.75) is 38.8 Å². The van der Waals surface area contributed by atoms with Crippen molar-refractivity contribution in [1.29, 1.82) is 0 Å². The van der Waals surface area contributed by atoms with Crippen molar-refractivity contribution < 1.29 is 4.74 Å². The highest BCUT2D eigenvalue weighted by molar-refractivity contribution is 6.30. The molecule has 0 fully saturated rings. The minimum atomic E-state index is -0.147. The zero-order valence-electron chi connectivity index (χ0n) is 11.1. The Morgan fingerprint density at radius 2 is 2.12 bits per heavy atom. The van der Waals surface area contributed by atoms with Crippen molar-refractivity contribution in [3.8, 4) is 0 Å². The topological polar surface area (TPSA) is 21.3 Å². The molecular formula is C14H22ClNO. The molecule has 1 aromatic rings. The highest BCUT2D eigenvalue weighted by atomic mass is 35.5. The molecule has 1 aromatic carbocycles. The summed E-state index contributed by atoms with van der Waals surface area (Å²) in [5, 5.41) is 4.31. The maximum absolute atomic E-state index is 6.01. The number of nitrogens with one attached hydrogen (secondary N) is 1. The van der Waals surface area contributed by atoms with Gasteiger partial charge in [0.15, 0.2) is 0 Å². The summed E-state index contributed by atoms with van der Waals surface area (Å²) in [6.07, 6.45) is 1.03. The molecule has 1 N–H and O–H groups in total. The minimum absolute atomic E-state index is 0.147. The lowest BCUT2D eigenvalue weighted by molar-refractivity contribution is 0.0209. The fraction of sp³-hybridized carbons (Fsp3) is 0.571. The van der Waals surface area contributed by atoms with E-state index in [0.717, 1.165) is 18.0 Å². The van der Waals surface area contributed by atoms with E-state index < -0.39 is 0 Å². The van der Waals surface area contributed by atoms with Crippen LogP contribution < -0.4 is 5.32 Å². The van der Waals surface area contributed by atoms with Gasteiger partial charge in [0.25, 0.3) is 0 Å². The molecule has 1 unspecified atom stereocenters. The number of methoxy groups -OCH3 is 1. The summed E-state index contributed by atoms with van der Waals surface area (Å²) < 4.78 is 5.40. The van der Waals surface area contributed by atoms with Crippen molar-refractivity contribution in [3.05, 3.63) is 34.9 Å². The second-order valence-electron chi connectivity index (χ2n) is 4.86. The lowest BCUT2D eigenvalue weighted by atomic mass is 10.0. The normalized spacial score (nSPS) is 13.7. The van der Waals surface area contributed by atoms with Gasteiger partial charge < -0.3 is 10.1 Å². The maximum atomic E-state index is 6.01. The van der Waals surface area contributed by atoms with Crippen molar-refractivity contribution in [2.24, 2.45) is 0 Å². The Hall–Kier alpha value is -0.570. The van der Waals surface area contributed by atoms with Crippen LogP contribution >= 0.6 is 11.6 Å². The minimum Gasteiger partial charge on any atom is -0.377 e. The third-order valence-electron chi connectivity index (χ3n) is 2.99. The third kappa shape index (κ3) is 4.66. The van der Waals surface area contributed by atoms with Gasteiger partial charge in [0.05, 0.1) is 5.60 Å². The Labute approximate surface area is 109 Å². The smallest absolute Gasteiger partial charge is 0.0746 e. The van der Waals surface area contributed by atoms with Gasteiger partial charge in [-0.15, -0.1) is 0 Å². The second-order valence-corrected chi connectivity index (χ2v) is 5.30. The summed E-state index contributed by atoms with van der Waals surface area (Å²) in [6.45, 7) is 7.13.